The molecule has 1 heterocycles. The van der Waals surface area contributed by atoms with E-state index in [2.05, 4.69) is 0 Å². The lowest BCUT2D eigenvalue weighted by atomic mass is 10.2. The number of benzene rings is 1. The van der Waals surface area contributed by atoms with Gasteiger partial charge < -0.3 is 14.8 Å². The highest BCUT2D eigenvalue weighted by Gasteiger charge is 2.38. The van der Waals surface area contributed by atoms with E-state index in [4.69, 9.17) is 15.0 Å². The first kappa shape index (κ1) is 18.0. The molecule has 2 N–H and O–H groups in total. The van der Waals surface area contributed by atoms with Gasteiger partial charge in [0.15, 0.2) is 0 Å². The van der Waals surface area contributed by atoms with Crippen molar-refractivity contribution < 1.29 is 33.0 Å². The fraction of sp³-hybridized carbons (Fsp3) is 0.0667. The lowest BCUT2D eigenvalue weighted by Crippen LogP contribution is -2.21. The molecule has 0 amide bonds. The Balaban J connectivity index is 0.000000322. The summed E-state index contributed by atoms with van der Waals surface area (Å²) >= 11 is 0. The average molecular weight is 327 g/mol. The highest BCUT2D eigenvalue weighted by molar-refractivity contribution is 5.87. The van der Waals surface area contributed by atoms with Gasteiger partial charge in [0.2, 0.25) is 0 Å². The summed E-state index contributed by atoms with van der Waals surface area (Å²) in [5, 5.41) is 16.0. The zero-order valence-electron chi connectivity index (χ0n) is 11.6. The van der Waals surface area contributed by atoms with Crippen LogP contribution >= 0.6 is 0 Å². The number of aromatic nitrogens is 1. The smallest absolute Gasteiger partial charge is 0.477 e. The first-order valence-corrected chi connectivity index (χ1v) is 6.15. The van der Waals surface area contributed by atoms with E-state index in [0.717, 1.165) is 5.56 Å². The topological polar surface area (TPSA) is 79.5 Å². The van der Waals surface area contributed by atoms with Crippen molar-refractivity contribution >= 4 is 24.2 Å². The normalized spacial score (nSPS) is 10.9. The van der Waals surface area contributed by atoms with E-state index in [1.807, 2.05) is 36.4 Å². The van der Waals surface area contributed by atoms with Gasteiger partial charge in [-0.05, 0) is 23.8 Å². The monoisotopic (exact) mass is 327 g/mol. The number of alkyl halides is 3. The van der Waals surface area contributed by atoms with E-state index in [1.54, 1.807) is 29.1 Å². The average Bonchev–Trinajstić information content (AvgIpc) is 2.94. The molecule has 0 spiro atoms. The number of carbonyl (C=O) groups is 2. The minimum atomic E-state index is -5.08. The number of carboxylic acids is 2. The number of rotatable bonds is 3. The second-order valence-corrected chi connectivity index (χ2v) is 4.14. The maximum atomic E-state index is 10.8. The number of aliphatic carboxylic acids is 1. The number of hydrogen-bond acceptors (Lipinski definition) is 2. The Hall–Kier alpha value is -3.03. The number of nitrogens with zero attached hydrogens (tertiary/aromatic N) is 1. The molecule has 0 atom stereocenters. The van der Waals surface area contributed by atoms with Crippen LogP contribution < -0.4 is 0 Å². The molecule has 122 valence electrons. The van der Waals surface area contributed by atoms with Crippen LogP contribution in [0.3, 0.4) is 0 Å². The quantitative estimate of drug-likeness (QED) is 0.905. The highest BCUT2D eigenvalue weighted by Crippen LogP contribution is 2.13. The molecule has 0 aliphatic rings. The molecular weight excluding hydrogens is 315 g/mol. The van der Waals surface area contributed by atoms with E-state index >= 15 is 0 Å². The first-order valence-electron chi connectivity index (χ1n) is 6.15. The lowest BCUT2D eigenvalue weighted by Gasteiger charge is -1.98. The first-order chi connectivity index (χ1) is 10.7. The van der Waals surface area contributed by atoms with E-state index in [9.17, 15) is 18.0 Å². The van der Waals surface area contributed by atoms with Crippen LogP contribution in [0.5, 0.6) is 0 Å². The summed E-state index contributed by atoms with van der Waals surface area (Å²) in [5.74, 6) is -3.68. The minimum absolute atomic E-state index is 0.257. The Morgan fingerprint density at radius 2 is 1.57 bits per heavy atom. The number of aromatic carboxylic acids is 1. The van der Waals surface area contributed by atoms with Crippen LogP contribution in [-0.2, 0) is 4.79 Å². The van der Waals surface area contributed by atoms with Crippen LogP contribution in [0.1, 0.15) is 16.1 Å². The number of halogens is 3. The van der Waals surface area contributed by atoms with Crippen LogP contribution in [-0.4, -0.2) is 32.9 Å². The third kappa shape index (κ3) is 6.08. The molecule has 1 aromatic heterocycles. The second kappa shape index (κ2) is 7.83. The van der Waals surface area contributed by atoms with Gasteiger partial charge in [-0.2, -0.15) is 13.2 Å². The molecule has 0 aliphatic carbocycles. The van der Waals surface area contributed by atoms with Gasteiger partial charge in [-0.15, -0.1) is 0 Å². The fourth-order valence-corrected chi connectivity index (χ4v) is 1.44. The molecule has 0 saturated heterocycles. The highest BCUT2D eigenvalue weighted by atomic mass is 19.4. The van der Waals surface area contributed by atoms with Crippen LogP contribution in [0.15, 0.2) is 48.7 Å². The van der Waals surface area contributed by atoms with Gasteiger partial charge in [-0.1, -0.05) is 30.3 Å². The van der Waals surface area contributed by atoms with E-state index in [0.29, 0.717) is 0 Å². The third-order valence-corrected chi connectivity index (χ3v) is 2.47. The van der Waals surface area contributed by atoms with Gasteiger partial charge in [0.05, 0.1) is 0 Å². The fourth-order valence-electron chi connectivity index (χ4n) is 1.44. The van der Waals surface area contributed by atoms with Crippen molar-refractivity contribution in [3.05, 3.63) is 59.9 Å². The predicted octanol–water partition coefficient (Wildman–Crippen LogP) is 3.45. The van der Waals surface area contributed by atoms with Gasteiger partial charge in [0, 0.05) is 12.4 Å². The van der Waals surface area contributed by atoms with Gasteiger partial charge in [-0.25, -0.2) is 9.59 Å². The molecule has 8 heteroatoms. The SMILES string of the molecule is O=C(O)C(F)(F)F.O=C(O)c1cccn1/C=C\c1ccccc1. The largest absolute Gasteiger partial charge is 0.490 e. The van der Waals surface area contributed by atoms with Crippen LogP contribution in [0.2, 0.25) is 0 Å². The molecule has 0 unspecified atom stereocenters. The molecule has 2 aromatic rings. The summed E-state index contributed by atoms with van der Waals surface area (Å²) in [4.78, 5) is 19.7. The summed E-state index contributed by atoms with van der Waals surface area (Å²) in [6.45, 7) is 0. The van der Waals surface area contributed by atoms with Crippen molar-refractivity contribution in [2.45, 2.75) is 6.18 Å². The molecule has 0 bridgehead atoms. The number of hydrogen-bond donors (Lipinski definition) is 2. The van der Waals surface area contributed by atoms with Gasteiger partial charge in [-0.3, -0.25) is 0 Å². The van der Waals surface area contributed by atoms with Crippen molar-refractivity contribution in [3.8, 4) is 0 Å². The maximum absolute atomic E-state index is 10.8. The maximum Gasteiger partial charge on any atom is 0.490 e. The van der Waals surface area contributed by atoms with Crippen LogP contribution in [0, 0.1) is 0 Å². The van der Waals surface area contributed by atoms with Crippen LogP contribution in [0.25, 0.3) is 12.3 Å². The Morgan fingerprint density at radius 3 is 2.04 bits per heavy atom. The summed E-state index contributed by atoms with van der Waals surface area (Å²) in [5.41, 5.74) is 1.29. The van der Waals surface area contributed by atoms with Crippen LogP contribution in [0.4, 0.5) is 13.2 Å². The van der Waals surface area contributed by atoms with E-state index in [1.165, 1.54) is 0 Å². The predicted molar refractivity (Wildman–Crippen MR) is 76.7 cm³/mol. The molecule has 23 heavy (non-hydrogen) atoms. The Kier molecular flexibility index (Phi) is 6.13. The van der Waals surface area contributed by atoms with Crippen molar-refractivity contribution in [2.75, 3.05) is 0 Å². The Bertz CT molecular complexity index is 690. The van der Waals surface area contributed by atoms with E-state index < -0.39 is 18.1 Å². The third-order valence-electron chi connectivity index (χ3n) is 2.47. The lowest BCUT2D eigenvalue weighted by molar-refractivity contribution is -0.192. The summed E-state index contributed by atoms with van der Waals surface area (Å²) in [6, 6.07) is 13.0. The zero-order valence-corrected chi connectivity index (χ0v) is 11.6. The molecule has 0 saturated carbocycles. The summed E-state index contributed by atoms with van der Waals surface area (Å²) < 4.78 is 33.3. The van der Waals surface area contributed by atoms with Gasteiger partial charge in [0.25, 0.3) is 0 Å². The van der Waals surface area contributed by atoms with Crippen molar-refractivity contribution in [3.63, 3.8) is 0 Å². The standard InChI is InChI=1S/C13H11NO2.C2HF3O2/c15-13(16)12-7-4-9-14(12)10-8-11-5-2-1-3-6-11;3-2(4,5)1(6)7/h1-10H,(H,15,16);(H,6,7)/b10-8-;. The molecule has 0 fully saturated rings. The van der Waals surface area contributed by atoms with Gasteiger partial charge in [0.1, 0.15) is 5.69 Å². The summed E-state index contributed by atoms with van der Waals surface area (Å²) in [7, 11) is 0. The molecule has 2 rings (SSSR count). The molecule has 0 aliphatic heterocycles. The molecule has 1 aromatic carbocycles. The summed E-state index contributed by atoms with van der Waals surface area (Å²) in [6.07, 6.45) is 0.230. The van der Waals surface area contributed by atoms with Crippen molar-refractivity contribution in [1.29, 1.82) is 0 Å². The Labute approximate surface area is 128 Å². The zero-order chi connectivity index (χ0) is 17.5. The molecule has 5 nitrogen and oxygen atoms in total. The van der Waals surface area contributed by atoms with E-state index in [-0.39, 0.29) is 5.69 Å². The number of carboxylic acid groups (broad SMARTS) is 2. The Morgan fingerprint density at radius 1 is 1.00 bits per heavy atom. The second-order valence-electron chi connectivity index (χ2n) is 4.14. The minimum Gasteiger partial charge on any atom is -0.477 e. The van der Waals surface area contributed by atoms with Crippen molar-refractivity contribution in [1.82, 2.24) is 4.57 Å². The molecular formula is C15H12F3NO4. The van der Waals surface area contributed by atoms with Crippen molar-refractivity contribution in [2.24, 2.45) is 0 Å². The molecule has 0 radical (unpaired) electrons. The van der Waals surface area contributed by atoms with Gasteiger partial charge >= 0.3 is 18.1 Å².